The number of benzene rings is 2. The van der Waals surface area contributed by atoms with Gasteiger partial charge in [0, 0.05) is 24.6 Å². The maximum Gasteiger partial charge on any atom is 0.338 e. The van der Waals surface area contributed by atoms with Crippen LogP contribution >= 0.6 is 0 Å². The zero-order valence-corrected chi connectivity index (χ0v) is 15.0. The Hall–Kier alpha value is -3.75. The summed E-state index contributed by atoms with van der Waals surface area (Å²) in [6.07, 6.45) is 0.0965. The number of non-ortho nitro benzene ring substituents is 1. The summed E-state index contributed by atoms with van der Waals surface area (Å²) in [5, 5.41) is 13.6. The molecule has 0 unspecified atom stereocenters. The van der Waals surface area contributed by atoms with Crippen LogP contribution < -0.4 is 10.2 Å². The van der Waals surface area contributed by atoms with Gasteiger partial charge < -0.3 is 15.0 Å². The highest BCUT2D eigenvalue weighted by Crippen LogP contribution is 2.31. The number of nitro groups is 1. The molecule has 1 aliphatic heterocycles. The number of rotatable bonds is 4. The van der Waals surface area contributed by atoms with Crippen molar-refractivity contribution >= 4 is 34.8 Å². The standard InChI is InChI=1S/C19H17N3O6/c1-12-9-17(23)20-15-7-2-3-8-16(15)21(12)18(24)11-28-19(25)13-5-4-6-14(10-13)22(26)27/h2-8,10,12H,9,11H2,1H3,(H,20,23)/t12-/m1/s1. The van der Waals surface area contributed by atoms with Crippen molar-refractivity contribution < 1.29 is 24.0 Å². The van der Waals surface area contributed by atoms with Crippen LogP contribution in [0.1, 0.15) is 23.7 Å². The van der Waals surface area contributed by atoms with Crippen LogP contribution in [0, 0.1) is 10.1 Å². The first-order chi connectivity index (χ1) is 13.4. The number of hydrogen-bond acceptors (Lipinski definition) is 6. The minimum absolute atomic E-state index is 0.0249. The highest BCUT2D eigenvalue weighted by molar-refractivity contribution is 6.05. The molecule has 2 amide bonds. The lowest BCUT2D eigenvalue weighted by Crippen LogP contribution is -2.41. The molecule has 2 aromatic rings. The van der Waals surface area contributed by atoms with E-state index in [1.807, 2.05) is 0 Å². The maximum absolute atomic E-state index is 12.7. The summed E-state index contributed by atoms with van der Waals surface area (Å²) in [5.74, 6) is -1.57. The van der Waals surface area contributed by atoms with Gasteiger partial charge in [0.15, 0.2) is 6.61 Å². The van der Waals surface area contributed by atoms with Gasteiger partial charge in [-0.05, 0) is 25.1 Å². The van der Waals surface area contributed by atoms with Crippen molar-refractivity contribution in [3.63, 3.8) is 0 Å². The minimum Gasteiger partial charge on any atom is -0.452 e. The van der Waals surface area contributed by atoms with Crippen molar-refractivity contribution in [3.8, 4) is 0 Å². The van der Waals surface area contributed by atoms with Gasteiger partial charge in [0.05, 0.1) is 21.9 Å². The van der Waals surface area contributed by atoms with Gasteiger partial charge in [-0.1, -0.05) is 18.2 Å². The number of nitrogens with one attached hydrogen (secondary N) is 1. The van der Waals surface area contributed by atoms with E-state index >= 15 is 0 Å². The lowest BCUT2D eigenvalue weighted by atomic mass is 10.1. The first-order valence-corrected chi connectivity index (χ1v) is 8.49. The number of hydrogen-bond donors (Lipinski definition) is 1. The number of carbonyl (C=O) groups is 3. The molecule has 144 valence electrons. The minimum atomic E-state index is -0.845. The number of para-hydroxylation sites is 2. The third-order valence-corrected chi connectivity index (χ3v) is 4.25. The van der Waals surface area contributed by atoms with Crippen molar-refractivity contribution in [1.29, 1.82) is 0 Å². The van der Waals surface area contributed by atoms with E-state index in [9.17, 15) is 24.5 Å². The van der Waals surface area contributed by atoms with Crippen molar-refractivity contribution in [2.24, 2.45) is 0 Å². The summed E-state index contributed by atoms with van der Waals surface area (Å²) in [6.45, 7) is 1.16. The van der Waals surface area contributed by atoms with E-state index in [4.69, 9.17) is 4.74 Å². The molecule has 1 N–H and O–H groups in total. The topological polar surface area (TPSA) is 119 Å². The Balaban J connectivity index is 1.75. The number of carbonyl (C=O) groups excluding carboxylic acids is 3. The van der Waals surface area contributed by atoms with E-state index in [1.165, 1.54) is 23.1 Å². The van der Waals surface area contributed by atoms with Gasteiger partial charge in [0.1, 0.15) is 0 Å². The number of esters is 1. The Kier molecular flexibility index (Phi) is 5.35. The molecule has 0 bridgehead atoms. The fraction of sp³-hybridized carbons (Fsp3) is 0.211. The Morgan fingerprint density at radius 2 is 2.00 bits per heavy atom. The van der Waals surface area contributed by atoms with Gasteiger partial charge in [0.2, 0.25) is 5.91 Å². The predicted molar refractivity (Wildman–Crippen MR) is 100 cm³/mol. The smallest absolute Gasteiger partial charge is 0.338 e. The van der Waals surface area contributed by atoms with Gasteiger partial charge in [-0.15, -0.1) is 0 Å². The van der Waals surface area contributed by atoms with Crippen molar-refractivity contribution in [2.75, 3.05) is 16.8 Å². The summed E-state index contributed by atoms with van der Waals surface area (Å²) in [6, 6.07) is 11.5. The Bertz CT molecular complexity index is 958. The quantitative estimate of drug-likeness (QED) is 0.492. The second-order valence-corrected chi connectivity index (χ2v) is 6.27. The Morgan fingerprint density at radius 1 is 1.25 bits per heavy atom. The maximum atomic E-state index is 12.7. The summed E-state index contributed by atoms with van der Waals surface area (Å²) >= 11 is 0. The fourth-order valence-electron chi connectivity index (χ4n) is 2.99. The van der Waals surface area contributed by atoms with Gasteiger partial charge in [-0.3, -0.25) is 19.7 Å². The number of anilines is 2. The fourth-order valence-corrected chi connectivity index (χ4v) is 2.99. The highest BCUT2D eigenvalue weighted by Gasteiger charge is 2.30. The van der Waals surface area contributed by atoms with Crippen LogP contribution in [0.2, 0.25) is 0 Å². The summed E-state index contributed by atoms with van der Waals surface area (Å²) < 4.78 is 5.05. The summed E-state index contributed by atoms with van der Waals surface area (Å²) in [4.78, 5) is 48.5. The molecule has 1 atom stereocenters. The molecular weight excluding hydrogens is 366 g/mol. The molecule has 0 aliphatic carbocycles. The van der Waals surface area contributed by atoms with Crippen LogP contribution in [0.5, 0.6) is 0 Å². The molecule has 0 spiro atoms. The number of ether oxygens (including phenoxy) is 1. The van der Waals surface area contributed by atoms with E-state index in [0.29, 0.717) is 11.4 Å². The monoisotopic (exact) mass is 383 g/mol. The second-order valence-electron chi connectivity index (χ2n) is 6.27. The van der Waals surface area contributed by atoms with E-state index in [2.05, 4.69) is 5.32 Å². The van der Waals surface area contributed by atoms with Crippen LogP contribution in [-0.2, 0) is 14.3 Å². The van der Waals surface area contributed by atoms with E-state index in [0.717, 1.165) is 6.07 Å². The molecule has 28 heavy (non-hydrogen) atoms. The number of fused-ring (bicyclic) bond motifs is 1. The molecule has 0 saturated heterocycles. The van der Waals surface area contributed by atoms with E-state index < -0.39 is 29.4 Å². The molecule has 0 saturated carbocycles. The first-order valence-electron chi connectivity index (χ1n) is 8.49. The van der Waals surface area contributed by atoms with E-state index in [-0.39, 0.29) is 23.6 Å². The van der Waals surface area contributed by atoms with Crippen molar-refractivity contribution in [2.45, 2.75) is 19.4 Å². The summed E-state index contributed by atoms with van der Waals surface area (Å²) in [7, 11) is 0. The molecule has 9 heteroatoms. The molecule has 2 aromatic carbocycles. The van der Waals surface area contributed by atoms with Crippen LogP contribution in [0.4, 0.5) is 17.1 Å². The average Bonchev–Trinajstić information content (AvgIpc) is 2.80. The lowest BCUT2D eigenvalue weighted by molar-refractivity contribution is -0.384. The molecule has 0 aromatic heterocycles. The Morgan fingerprint density at radius 3 is 2.75 bits per heavy atom. The number of nitro benzene ring substituents is 1. The molecular formula is C19H17N3O6. The number of amides is 2. The average molecular weight is 383 g/mol. The van der Waals surface area contributed by atoms with Crippen molar-refractivity contribution in [3.05, 3.63) is 64.2 Å². The Labute approximate surface area is 160 Å². The molecule has 0 fully saturated rings. The molecule has 3 rings (SSSR count). The zero-order chi connectivity index (χ0) is 20.3. The lowest BCUT2D eigenvalue weighted by Gasteiger charge is -2.27. The summed E-state index contributed by atoms with van der Waals surface area (Å²) in [5.41, 5.74) is 0.732. The molecule has 0 radical (unpaired) electrons. The van der Waals surface area contributed by atoms with Crippen LogP contribution in [0.25, 0.3) is 0 Å². The zero-order valence-electron chi connectivity index (χ0n) is 15.0. The van der Waals surface area contributed by atoms with E-state index in [1.54, 1.807) is 31.2 Å². The molecule has 1 aliphatic rings. The third kappa shape index (κ3) is 3.98. The van der Waals surface area contributed by atoms with Crippen LogP contribution in [-0.4, -0.2) is 35.4 Å². The van der Waals surface area contributed by atoms with Gasteiger partial charge >= 0.3 is 5.97 Å². The van der Waals surface area contributed by atoms with Crippen molar-refractivity contribution in [1.82, 2.24) is 0 Å². The van der Waals surface area contributed by atoms with Crippen LogP contribution in [0.3, 0.4) is 0 Å². The normalized spacial score (nSPS) is 15.8. The molecule has 9 nitrogen and oxygen atoms in total. The van der Waals surface area contributed by atoms with Gasteiger partial charge in [-0.2, -0.15) is 0 Å². The van der Waals surface area contributed by atoms with Gasteiger partial charge in [0.25, 0.3) is 11.6 Å². The van der Waals surface area contributed by atoms with Gasteiger partial charge in [-0.25, -0.2) is 4.79 Å². The first kappa shape index (κ1) is 19.0. The second kappa shape index (κ2) is 7.87. The highest BCUT2D eigenvalue weighted by atomic mass is 16.6. The third-order valence-electron chi connectivity index (χ3n) is 4.25. The SMILES string of the molecule is C[C@@H]1CC(=O)Nc2ccccc2N1C(=O)COC(=O)c1cccc([N+](=O)[O-])c1. The van der Waals surface area contributed by atoms with Crippen LogP contribution in [0.15, 0.2) is 48.5 Å². The molecule has 1 heterocycles. The predicted octanol–water partition coefficient (Wildman–Crippen LogP) is 2.52. The largest absolute Gasteiger partial charge is 0.452 e. The number of nitrogens with zero attached hydrogens (tertiary/aromatic N) is 2.